The average molecular weight is 631 g/mol. The van der Waals surface area contributed by atoms with Gasteiger partial charge in [0.2, 0.25) is 11.8 Å². The number of hydrogen-bond acceptors (Lipinski definition) is 4. The Morgan fingerprint density at radius 3 is 1.67 bits per heavy atom. The minimum Gasteiger partial charge on any atom is -0.341 e. The van der Waals surface area contributed by atoms with E-state index in [9.17, 15) is 9.59 Å². The minimum atomic E-state index is 0.136. The molecule has 0 aliphatic carbocycles. The normalized spacial score (nSPS) is 11.4. The number of nitrogens with zero attached hydrogens (tertiary/aromatic N) is 4. The average Bonchev–Trinajstić information content (AvgIpc) is 3.62. The van der Waals surface area contributed by atoms with Crippen LogP contribution in [0.3, 0.4) is 0 Å². The standard InChI is InChI=1S/C36H47ClN6O2/c1-7-17-42(33(44)19-24(3)4)22-31-38-21-30(39-31)28-13-9-26(10-14-28)27-11-15-29(16-12-27)35-36(37)41-32(40-35)23-43(18-8-2)34(45)20-25(5)6/h9-16,21,24-25H,7-8,17-20,22-23H2,1-6H3,(H,38,39)(H,40,41). The van der Waals surface area contributed by atoms with Crippen molar-refractivity contribution in [3.63, 3.8) is 0 Å². The summed E-state index contributed by atoms with van der Waals surface area (Å²) in [5, 5.41) is 0.399. The maximum absolute atomic E-state index is 12.7. The van der Waals surface area contributed by atoms with Crippen LogP contribution in [0.25, 0.3) is 33.6 Å². The zero-order valence-corrected chi connectivity index (χ0v) is 28.2. The first kappa shape index (κ1) is 34.0. The third-order valence-electron chi connectivity index (χ3n) is 7.58. The summed E-state index contributed by atoms with van der Waals surface area (Å²) in [5.74, 6) is 2.41. The smallest absolute Gasteiger partial charge is 0.223 e. The van der Waals surface area contributed by atoms with Crippen LogP contribution in [0.5, 0.6) is 0 Å². The number of amides is 2. The molecular weight excluding hydrogens is 584 g/mol. The van der Waals surface area contributed by atoms with E-state index >= 15 is 0 Å². The molecule has 2 heterocycles. The van der Waals surface area contributed by atoms with Crippen molar-refractivity contribution in [1.29, 1.82) is 0 Å². The largest absolute Gasteiger partial charge is 0.341 e. The molecule has 0 unspecified atom stereocenters. The van der Waals surface area contributed by atoms with Gasteiger partial charge in [-0.2, -0.15) is 0 Å². The monoisotopic (exact) mass is 630 g/mol. The van der Waals surface area contributed by atoms with E-state index < -0.39 is 0 Å². The molecule has 45 heavy (non-hydrogen) atoms. The summed E-state index contributed by atoms with van der Waals surface area (Å²) in [6.45, 7) is 14.7. The van der Waals surface area contributed by atoms with Gasteiger partial charge in [-0.1, -0.05) is 102 Å². The zero-order valence-electron chi connectivity index (χ0n) is 27.5. The van der Waals surface area contributed by atoms with Gasteiger partial charge in [-0.15, -0.1) is 0 Å². The predicted octanol–water partition coefficient (Wildman–Crippen LogP) is 8.36. The van der Waals surface area contributed by atoms with Gasteiger partial charge >= 0.3 is 0 Å². The molecule has 8 nitrogen and oxygen atoms in total. The summed E-state index contributed by atoms with van der Waals surface area (Å²) < 4.78 is 0. The second kappa shape index (κ2) is 15.9. The second-order valence-corrected chi connectivity index (χ2v) is 12.9. The molecular formula is C36H47ClN6O2. The molecule has 2 N–H and O–H groups in total. The molecule has 0 atom stereocenters. The lowest BCUT2D eigenvalue weighted by atomic mass is 10.0. The van der Waals surface area contributed by atoms with E-state index in [4.69, 9.17) is 11.6 Å². The van der Waals surface area contributed by atoms with E-state index in [1.165, 1.54) is 0 Å². The summed E-state index contributed by atoms with van der Waals surface area (Å²) in [4.78, 5) is 45.0. The maximum Gasteiger partial charge on any atom is 0.223 e. The molecule has 2 amide bonds. The topological polar surface area (TPSA) is 98.0 Å². The van der Waals surface area contributed by atoms with E-state index in [2.05, 4.69) is 97.9 Å². The highest BCUT2D eigenvalue weighted by Crippen LogP contribution is 2.30. The second-order valence-electron chi connectivity index (χ2n) is 12.6. The summed E-state index contributed by atoms with van der Waals surface area (Å²) in [6.07, 6.45) is 4.69. The number of benzene rings is 2. The third kappa shape index (κ3) is 9.30. The van der Waals surface area contributed by atoms with Crippen molar-refractivity contribution in [2.45, 2.75) is 80.3 Å². The number of halogens is 1. The molecule has 0 aliphatic heterocycles. The lowest BCUT2D eigenvalue weighted by molar-refractivity contribution is -0.133. The molecule has 240 valence electrons. The van der Waals surface area contributed by atoms with Gasteiger partial charge in [0, 0.05) is 31.5 Å². The molecule has 0 spiro atoms. The van der Waals surface area contributed by atoms with Crippen LogP contribution in [0.15, 0.2) is 54.7 Å². The van der Waals surface area contributed by atoms with Crippen LogP contribution in [-0.2, 0) is 22.7 Å². The van der Waals surface area contributed by atoms with Crippen molar-refractivity contribution >= 4 is 23.4 Å². The van der Waals surface area contributed by atoms with Crippen molar-refractivity contribution in [3.05, 3.63) is 71.5 Å². The number of carbonyl (C=O) groups is 2. The minimum absolute atomic E-state index is 0.136. The first-order valence-electron chi connectivity index (χ1n) is 16.1. The fourth-order valence-electron chi connectivity index (χ4n) is 5.37. The highest BCUT2D eigenvalue weighted by Gasteiger charge is 2.19. The van der Waals surface area contributed by atoms with Crippen LogP contribution in [0, 0.1) is 11.8 Å². The Hall–Kier alpha value is -3.91. The Labute approximate surface area is 272 Å². The molecule has 0 aliphatic rings. The van der Waals surface area contributed by atoms with Crippen molar-refractivity contribution in [1.82, 2.24) is 29.7 Å². The van der Waals surface area contributed by atoms with Gasteiger partial charge < -0.3 is 19.8 Å². The van der Waals surface area contributed by atoms with Crippen LogP contribution >= 0.6 is 11.6 Å². The lowest BCUT2D eigenvalue weighted by Gasteiger charge is -2.22. The van der Waals surface area contributed by atoms with E-state index in [1.54, 1.807) is 0 Å². The van der Waals surface area contributed by atoms with Gasteiger partial charge in [-0.3, -0.25) is 9.59 Å². The summed E-state index contributed by atoms with van der Waals surface area (Å²) >= 11 is 6.54. The van der Waals surface area contributed by atoms with Crippen molar-refractivity contribution in [2.24, 2.45) is 11.8 Å². The summed E-state index contributed by atoms with van der Waals surface area (Å²) in [7, 11) is 0. The Kier molecular flexibility index (Phi) is 12.0. The van der Waals surface area contributed by atoms with Crippen molar-refractivity contribution in [2.75, 3.05) is 13.1 Å². The quantitative estimate of drug-likeness (QED) is 0.138. The molecule has 0 fully saturated rings. The maximum atomic E-state index is 12.7. The van der Waals surface area contributed by atoms with Gasteiger partial charge in [0.25, 0.3) is 0 Å². The molecule has 4 rings (SSSR count). The number of aromatic nitrogens is 4. The molecule has 0 saturated carbocycles. The fraction of sp³-hybridized carbons (Fsp3) is 0.444. The van der Waals surface area contributed by atoms with Gasteiger partial charge in [0.05, 0.1) is 30.7 Å². The Bertz CT molecular complexity index is 1540. The molecule has 0 radical (unpaired) electrons. The van der Waals surface area contributed by atoms with Gasteiger partial charge in [0.1, 0.15) is 11.6 Å². The zero-order chi connectivity index (χ0) is 32.5. The van der Waals surface area contributed by atoms with Gasteiger partial charge in [-0.05, 0) is 41.4 Å². The number of rotatable bonds is 15. The molecule has 0 saturated heterocycles. The number of carbonyl (C=O) groups excluding carboxylic acids is 2. The third-order valence-corrected chi connectivity index (χ3v) is 7.85. The molecule has 0 bridgehead atoms. The molecule has 2 aromatic heterocycles. The van der Waals surface area contributed by atoms with Crippen LogP contribution in [0.1, 0.15) is 78.9 Å². The first-order valence-corrected chi connectivity index (χ1v) is 16.5. The van der Waals surface area contributed by atoms with E-state index in [1.807, 2.05) is 28.1 Å². The Balaban J connectivity index is 1.42. The number of nitrogens with one attached hydrogen (secondary N) is 2. The highest BCUT2D eigenvalue weighted by molar-refractivity contribution is 6.31. The fourth-order valence-corrected chi connectivity index (χ4v) is 5.63. The number of H-pyrrole nitrogens is 2. The highest BCUT2D eigenvalue weighted by atomic mass is 35.5. The van der Waals surface area contributed by atoms with Gasteiger partial charge in [0.15, 0.2) is 5.15 Å². The van der Waals surface area contributed by atoms with E-state index in [0.29, 0.717) is 55.3 Å². The molecule has 2 aromatic carbocycles. The van der Waals surface area contributed by atoms with Crippen LogP contribution in [-0.4, -0.2) is 54.6 Å². The molecule has 4 aromatic rings. The van der Waals surface area contributed by atoms with Crippen LogP contribution < -0.4 is 0 Å². The lowest BCUT2D eigenvalue weighted by Crippen LogP contribution is -2.32. The Morgan fingerprint density at radius 1 is 0.711 bits per heavy atom. The number of imidazole rings is 2. The Morgan fingerprint density at radius 2 is 1.18 bits per heavy atom. The molecule has 9 heteroatoms. The van der Waals surface area contributed by atoms with Crippen molar-refractivity contribution < 1.29 is 9.59 Å². The van der Waals surface area contributed by atoms with Crippen LogP contribution in [0.2, 0.25) is 5.15 Å². The predicted molar refractivity (Wildman–Crippen MR) is 182 cm³/mol. The van der Waals surface area contributed by atoms with Crippen LogP contribution in [0.4, 0.5) is 0 Å². The van der Waals surface area contributed by atoms with E-state index in [-0.39, 0.29) is 11.8 Å². The first-order chi connectivity index (χ1) is 21.6. The van der Waals surface area contributed by atoms with E-state index in [0.717, 1.165) is 58.9 Å². The number of aromatic amines is 2. The number of hydrogen-bond donors (Lipinski definition) is 2. The van der Waals surface area contributed by atoms with Crippen molar-refractivity contribution in [3.8, 4) is 33.6 Å². The summed E-state index contributed by atoms with van der Waals surface area (Å²) in [5.41, 5.74) is 5.81. The summed E-state index contributed by atoms with van der Waals surface area (Å²) in [6, 6.07) is 16.6. The SMILES string of the molecule is CCCN(Cc1ncc(-c2ccc(-c3ccc(-c4[nH]c(CN(CCC)C(=O)CC(C)C)nc4Cl)cc3)cc2)[nH]1)C(=O)CC(C)C. The van der Waals surface area contributed by atoms with Gasteiger partial charge in [-0.25, -0.2) is 9.97 Å².